The van der Waals surface area contributed by atoms with Crippen molar-refractivity contribution in [3.8, 4) is 5.75 Å². The number of amides is 1. The van der Waals surface area contributed by atoms with E-state index in [1.165, 1.54) is 30.2 Å². The molecule has 1 saturated carbocycles. The molecule has 0 radical (unpaired) electrons. The van der Waals surface area contributed by atoms with Gasteiger partial charge in [-0.05, 0) is 50.8 Å². The minimum Gasteiger partial charge on any atom is -0.497 e. The van der Waals surface area contributed by atoms with Gasteiger partial charge >= 0.3 is 0 Å². The molecule has 0 unspecified atom stereocenters. The fraction of sp³-hybridized carbons (Fsp3) is 0.526. The summed E-state index contributed by atoms with van der Waals surface area (Å²) < 4.78 is 7.30. The Bertz CT molecular complexity index is 740. The summed E-state index contributed by atoms with van der Waals surface area (Å²) in [6.07, 6.45) is 3.19. The van der Waals surface area contributed by atoms with Crippen LogP contribution in [-0.2, 0) is 17.8 Å². The Labute approximate surface area is 158 Å². The maximum absolute atomic E-state index is 12.4. The van der Waals surface area contributed by atoms with Gasteiger partial charge in [-0.2, -0.15) is 0 Å². The Kier molecular flexibility index (Phi) is 6.19. The second kappa shape index (κ2) is 8.58. The van der Waals surface area contributed by atoms with Gasteiger partial charge in [-0.25, -0.2) is 0 Å². The Hall–Kier alpha value is -2.02. The zero-order valence-corrected chi connectivity index (χ0v) is 16.4. The number of nitrogens with one attached hydrogen (secondary N) is 1. The van der Waals surface area contributed by atoms with Gasteiger partial charge in [-0.15, -0.1) is 10.2 Å². The number of thioether (sulfide) groups is 1. The number of carbonyl (C=O) groups excluding carboxylic acids is 1. The Morgan fingerprint density at radius 2 is 2.08 bits per heavy atom. The van der Waals surface area contributed by atoms with E-state index >= 15 is 0 Å². The molecule has 26 heavy (non-hydrogen) atoms. The van der Waals surface area contributed by atoms with Gasteiger partial charge in [0.05, 0.1) is 12.4 Å². The van der Waals surface area contributed by atoms with Gasteiger partial charge in [0.1, 0.15) is 11.6 Å². The molecule has 3 rings (SSSR count). The first-order valence-electron chi connectivity index (χ1n) is 9.12. The summed E-state index contributed by atoms with van der Waals surface area (Å²) in [6.45, 7) is 5.47. The third kappa shape index (κ3) is 4.58. The van der Waals surface area contributed by atoms with Crippen LogP contribution < -0.4 is 10.1 Å². The number of methoxy groups -OCH3 is 1. The van der Waals surface area contributed by atoms with E-state index in [9.17, 15) is 4.79 Å². The maximum atomic E-state index is 12.4. The van der Waals surface area contributed by atoms with Crippen LogP contribution in [0.1, 0.15) is 44.0 Å². The van der Waals surface area contributed by atoms with E-state index in [1.54, 1.807) is 7.11 Å². The average molecular weight is 375 g/mol. The molecule has 1 heterocycles. The smallest absolute Gasteiger partial charge is 0.233 e. The molecule has 1 aromatic carbocycles. The van der Waals surface area contributed by atoms with E-state index in [-0.39, 0.29) is 11.2 Å². The first kappa shape index (κ1) is 18.8. The van der Waals surface area contributed by atoms with Crippen LogP contribution in [0.2, 0.25) is 0 Å². The number of nitrogens with zero attached hydrogens (tertiary/aromatic N) is 3. The normalized spacial score (nSPS) is 14.9. The van der Waals surface area contributed by atoms with Crippen LogP contribution in [0.15, 0.2) is 29.4 Å². The topological polar surface area (TPSA) is 69.0 Å². The van der Waals surface area contributed by atoms with Crippen molar-refractivity contribution in [1.82, 2.24) is 20.1 Å². The fourth-order valence-electron chi connectivity index (χ4n) is 2.81. The third-order valence-corrected chi connectivity index (χ3v) is 5.61. The highest BCUT2D eigenvalue weighted by Gasteiger charge is 2.30. The van der Waals surface area contributed by atoms with Crippen LogP contribution in [0.25, 0.3) is 0 Å². The number of ether oxygens (including phenoxy) is 1. The SMILES string of the molecule is CCn1c(S[C@H](C)C(=O)NCCc2ccc(OC)cc2)nnc1C1CC1. The minimum atomic E-state index is -0.201. The monoisotopic (exact) mass is 374 g/mol. The second-order valence-electron chi connectivity index (χ2n) is 6.51. The molecule has 0 bridgehead atoms. The van der Waals surface area contributed by atoms with Gasteiger partial charge < -0.3 is 14.6 Å². The lowest BCUT2D eigenvalue weighted by Gasteiger charge is -2.13. The molecule has 1 amide bonds. The average Bonchev–Trinajstić information content (AvgIpc) is 3.43. The van der Waals surface area contributed by atoms with Crippen molar-refractivity contribution in [3.63, 3.8) is 0 Å². The van der Waals surface area contributed by atoms with Crippen LogP contribution >= 0.6 is 11.8 Å². The van der Waals surface area contributed by atoms with Crippen molar-refractivity contribution >= 4 is 17.7 Å². The molecule has 0 aliphatic heterocycles. The Morgan fingerprint density at radius 1 is 1.35 bits per heavy atom. The molecular formula is C19H26N4O2S. The molecule has 7 heteroatoms. The van der Waals surface area contributed by atoms with E-state index in [2.05, 4.69) is 27.0 Å². The number of rotatable bonds is 9. The summed E-state index contributed by atoms with van der Waals surface area (Å²) in [5.41, 5.74) is 1.17. The molecule has 2 aromatic rings. The lowest BCUT2D eigenvalue weighted by Crippen LogP contribution is -2.32. The van der Waals surface area contributed by atoms with Gasteiger partial charge in [0.15, 0.2) is 5.16 Å². The number of hydrogen-bond acceptors (Lipinski definition) is 5. The van der Waals surface area contributed by atoms with Crippen LogP contribution in [0.5, 0.6) is 5.75 Å². The van der Waals surface area contributed by atoms with E-state index in [0.717, 1.165) is 29.7 Å². The first-order chi connectivity index (χ1) is 12.6. The Morgan fingerprint density at radius 3 is 2.69 bits per heavy atom. The summed E-state index contributed by atoms with van der Waals surface area (Å²) >= 11 is 1.48. The molecule has 6 nitrogen and oxygen atoms in total. The van der Waals surface area contributed by atoms with Gasteiger partial charge in [0.2, 0.25) is 5.91 Å². The van der Waals surface area contributed by atoms with Crippen LogP contribution in [0.4, 0.5) is 0 Å². The highest BCUT2D eigenvalue weighted by Crippen LogP contribution is 2.40. The number of hydrogen-bond donors (Lipinski definition) is 1. The predicted octanol–water partition coefficient (Wildman–Crippen LogP) is 3.02. The number of carbonyl (C=O) groups is 1. The summed E-state index contributed by atoms with van der Waals surface area (Å²) in [6, 6.07) is 7.91. The number of benzene rings is 1. The van der Waals surface area contributed by atoms with Crippen molar-refractivity contribution in [2.45, 2.75) is 56.0 Å². The summed E-state index contributed by atoms with van der Waals surface area (Å²) in [5, 5.41) is 12.3. The standard InChI is InChI=1S/C19H26N4O2S/c1-4-23-17(15-7-8-15)21-22-19(23)26-13(2)18(24)20-12-11-14-5-9-16(25-3)10-6-14/h5-6,9-10,13,15H,4,7-8,11-12H2,1-3H3,(H,20,24)/t13-/m1/s1. The quantitative estimate of drug-likeness (QED) is 0.683. The second-order valence-corrected chi connectivity index (χ2v) is 7.82. The lowest BCUT2D eigenvalue weighted by atomic mass is 10.1. The maximum Gasteiger partial charge on any atom is 0.233 e. The van der Waals surface area contributed by atoms with Crippen molar-refractivity contribution in [1.29, 1.82) is 0 Å². The minimum absolute atomic E-state index is 0.0298. The van der Waals surface area contributed by atoms with Gasteiger partial charge in [0, 0.05) is 19.0 Å². The fourth-order valence-corrected chi connectivity index (χ4v) is 3.75. The molecule has 0 spiro atoms. The van der Waals surface area contributed by atoms with Gasteiger partial charge in [0.25, 0.3) is 0 Å². The first-order valence-corrected chi connectivity index (χ1v) is 10.0. The largest absolute Gasteiger partial charge is 0.497 e. The zero-order chi connectivity index (χ0) is 18.5. The van der Waals surface area contributed by atoms with Gasteiger partial charge in [-0.1, -0.05) is 23.9 Å². The van der Waals surface area contributed by atoms with Crippen molar-refractivity contribution < 1.29 is 9.53 Å². The van der Waals surface area contributed by atoms with Crippen molar-refractivity contribution in [3.05, 3.63) is 35.7 Å². The lowest BCUT2D eigenvalue weighted by molar-refractivity contribution is -0.120. The molecule has 1 N–H and O–H groups in total. The molecule has 1 aliphatic carbocycles. The summed E-state index contributed by atoms with van der Waals surface area (Å²) in [5.74, 6) is 2.50. The molecular weight excluding hydrogens is 348 g/mol. The van der Waals surface area contributed by atoms with E-state index in [0.29, 0.717) is 12.5 Å². The third-order valence-electron chi connectivity index (χ3n) is 4.53. The molecule has 1 aromatic heterocycles. The zero-order valence-electron chi connectivity index (χ0n) is 15.6. The molecule has 1 aliphatic rings. The van der Waals surface area contributed by atoms with Crippen molar-refractivity contribution in [2.24, 2.45) is 0 Å². The summed E-state index contributed by atoms with van der Waals surface area (Å²) in [7, 11) is 1.65. The molecule has 0 saturated heterocycles. The summed E-state index contributed by atoms with van der Waals surface area (Å²) in [4.78, 5) is 12.4. The number of aromatic nitrogens is 3. The highest BCUT2D eigenvalue weighted by molar-refractivity contribution is 8.00. The van der Waals surface area contributed by atoms with Gasteiger partial charge in [-0.3, -0.25) is 4.79 Å². The van der Waals surface area contributed by atoms with E-state index < -0.39 is 0 Å². The molecule has 1 atom stereocenters. The predicted molar refractivity (Wildman–Crippen MR) is 103 cm³/mol. The van der Waals surface area contributed by atoms with E-state index in [4.69, 9.17) is 4.74 Å². The Balaban J connectivity index is 1.48. The van der Waals surface area contributed by atoms with Crippen LogP contribution in [-0.4, -0.2) is 39.6 Å². The highest BCUT2D eigenvalue weighted by atomic mass is 32.2. The van der Waals surface area contributed by atoms with Crippen LogP contribution in [0.3, 0.4) is 0 Å². The van der Waals surface area contributed by atoms with E-state index in [1.807, 2.05) is 31.2 Å². The van der Waals surface area contributed by atoms with Crippen molar-refractivity contribution in [2.75, 3.05) is 13.7 Å². The van der Waals surface area contributed by atoms with Crippen LogP contribution in [0, 0.1) is 0 Å². The molecule has 140 valence electrons. The molecule has 1 fully saturated rings.